The monoisotopic (exact) mass is 358 g/mol. The maximum absolute atomic E-state index is 12.7. The summed E-state index contributed by atoms with van der Waals surface area (Å²) in [6, 6.07) is 5.60. The number of allylic oxidation sites excluding steroid dienone is 1. The van der Waals surface area contributed by atoms with Crippen LogP contribution in [0.4, 0.5) is 16.2 Å². The van der Waals surface area contributed by atoms with Crippen LogP contribution in [0.1, 0.15) is 66.9 Å². The van der Waals surface area contributed by atoms with Crippen molar-refractivity contribution >= 4 is 28.9 Å². The molecule has 1 aromatic rings. The molecule has 1 aliphatic rings. The third-order valence-electron chi connectivity index (χ3n) is 4.17. The van der Waals surface area contributed by atoms with Gasteiger partial charge in [-0.25, -0.2) is 4.79 Å². The fraction of sp³-hybridized carbons (Fsp3) is 0.524. The van der Waals surface area contributed by atoms with E-state index in [-0.39, 0.29) is 11.4 Å². The van der Waals surface area contributed by atoms with E-state index in [4.69, 9.17) is 4.74 Å². The first-order chi connectivity index (χ1) is 11.9. The van der Waals surface area contributed by atoms with Crippen molar-refractivity contribution in [1.29, 1.82) is 0 Å². The highest BCUT2D eigenvalue weighted by atomic mass is 16.6. The summed E-state index contributed by atoms with van der Waals surface area (Å²) in [5, 5.41) is 2.77. The summed E-state index contributed by atoms with van der Waals surface area (Å²) in [6.07, 6.45) is 2.92. The summed E-state index contributed by atoms with van der Waals surface area (Å²) in [7, 11) is 0. The minimum atomic E-state index is -0.554. The molecule has 0 spiro atoms. The number of fused-ring (bicyclic) bond motifs is 1. The molecule has 142 valence electrons. The van der Waals surface area contributed by atoms with Gasteiger partial charge in [-0.1, -0.05) is 13.0 Å². The van der Waals surface area contributed by atoms with E-state index in [2.05, 4.69) is 11.4 Å². The van der Waals surface area contributed by atoms with E-state index in [0.717, 1.165) is 23.2 Å². The Bertz CT molecular complexity index is 742. The molecule has 0 radical (unpaired) electrons. The lowest BCUT2D eigenvalue weighted by Crippen LogP contribution is -2.48. The van der Waals surface area contributed by atoms with Gasteiger partial charge in [0.05, 0.1) is 11.2 Å². The molecule has 0 atom stereocenters. The molecule has 1 aliphatic heterocycles. The maximum atomic E-state index is 12.7. The summed E-state index contributed by atoms with van der Waals surface area (Å²) in [6.45, 7) is 13.6. The van der Waals surface area contributed by atoms with Crippen molar-refractivity contribution in [3.63, 3.8) is 0 Å². The van der Waals surface area contributed by atoms with Crippen LogP contribution in [0.5, 0.6) is 0 Å². The van der Waals surface area contributed by atoms with E-state index in [1.807, 2.05) is 71.6 Å². The van der Waals surface area contributed by atoms with Crippen LogP contribution >= 0.6 is 0 Å². The van der Waals surface area contributed by atoms with Gasteiger partial charge in [-0.3, -0.25) is 10.1 Å². The normalized spacial score (nSPS) is 15.8. The van der Waals surface area contributed by atoms with Crippen LogP contribution in [0.2, 0.25) is 0 Å². The molecule has 0 aliphatic carbocycles. The van der Waals surface area contributed by atoms with Gasteiger partial charge in [-0.2, -0.15) is 0 Å². The summed E-state index contributed by atoms with van der Waals surface area (Å²) in [5.41, 5.74) is 2.61. The number of ether oxygens (including phenoxy) is 1. The van der Waals surface area contributed by atoms with Gasteiger partial charge in [0.25, 0.3) is 0 Å². The Balaban J connectivity index is 2.36. The Morgan fingerprint density at radius 3 is 2.46 bits per heavy atom. The highest BCUT2D eigenvalue weighted by molar-refractivity contribution is 6.01. The highest BCUT2D eigenvalue weighted by Crippen LogP contribution is 2.40. The Labute approximate surface area is 156 Å². The first-order valence-electron chi connectivity index (χ1n) is 9.11. The summed E-state index contributed by atoms with van der Waals surface area (Å²) in [5.74, 6) is 0.107. The second-order valence-corrected chi connectivity index (χ2v) is 8.32. The van der Waals surface area contributed by atoms with Crippen molar-refractivity contribution in [2.75, 3.05) is 10.2 Å². The lowest BCUT2D eigenvalue weighted by atomic mass is 9.88. The van der Waals surface area contributed by atoms with Crippen molar-refractivity contribution in [2.24, 2.45) is 0 Å². The Hall–Kier alpha value is -2.30. The van der Waals surface area contributed by atoms with Crippen LogP contribution in [-0.2, 0) is 9.53 Å². The number of carbonyl (C=O) groups excluding carboxylic acids is 2. The largest absolute Gasteiger partial charge is 0.444 e. The number of carbonyl (C=O) groups is 2. The average molecular weight is 358 g/mol. The second-order valence-electron chi connectivity index (χ2n) is 8.32. The lowest BCUT2D eigenvalue weighted by molar-refractivity contribution is -0.119. The zero-order valence-corrected chi connectivity index (χ0v) is 16.9. The molecular formula is C21H30N2O3. The number of nitrogens with one attached hydrogen (secondary N) is 1. The van der Waals surface area contributed by atoms with E-state index in [0.29, 0.717) is 12.1 Å². The van der Waals surface area contributed by atoms with E-state index in [1.54, 1.807) is 0 Å². The fourth-order valence-corrected chi connectivity index (χ4v) is 3.31. The van der Waals surface area contributed by atoms with Gasteiger partial charge in [0, 0.05) is 17.7 Å². The summed E-state index contributed by atoms with van der Waals surface area (Å²) >= 11 is 0. The first kappa shape index (κ1) is 20.0. The molecule has 26 heavy (non-hydrogen) atoms. The Kier molecular flexibility index (Phi) is 5.49. The van der Waals surface area contributed by atoms with Crippen molar-refractivity contribution in [3.05, 3.63) is 29.8 Å². The molecule has 0 saturated heterocycles. The fourth-order valence-electron chi connectivity index (χ4n) is 3.31. The van der Waals surface area contributed by atoms with Gasteiger partial charge in [0.1, 0.15) is 5.60 Å². The molecule has 1 N–H and O–H groups in total. The maximum Gasteiger partial charge on any atom is 0.412 e. The number of nitrogens with zero attached hydrogens (tertiary/aromatic N) is 1. The van der Waals surface area contributed by atoms with Gasteiger partial charge in [0.15, 0.2) is 0 Å². The minimum absolute atomic E-state index is 0.107. The third kappa shape index (κ3) is 4.45. The molecule has 0 unspecified atom stereocenters. The van der Waals surface area contributed by atoms with Gasteiger partial charge in [-0.05, 0) is 71.7 Å². The quantitative estimate of drug-likeness (QED) is 0.791. The predicted octanol–water partition coefficient (Wildman–Crippen LogP) is 5.36. The number of rotatable bonds is 3. The number of anilines is 2. The number of amides is 2. The molecular weight excluding hydrogens is 328 g/mol. The molecule has 2 rings (SSSR count). The zero-order valence-electron chi connectivity index (χ0n) is 16.9. The molecule has 0 bridgehead atoms. The number of hydrogen-bond acceptors (Lipinski definition) is 3. The molecule has 1 aromatic carbocycles. The van der Waals surface area contributed by atoms with Crippen molar-refractivity contribution in [2.45, 2.75) is 72.4 Å². The number of benzene rings is 1. The predicted molar refractivity (Wildman–Crippen MR) is 106 cm³/mol. The van der Waals surface area contributed by atoms with Crippen LogP contribution < -0.4 is 10.2 Å². The van der Waals surface area contributed by atoms with E-state index >= 15 is 0 Å². The first-order valence-corrected chi connectivity index (χ1v) is 9.11. The summed E-state index contributed by atoms with van der Waals surface area (Å²) in [4.78, 5) is 26.6. The summed E-state index contributed by atoms with van der Waals surface area (Å²) < 4.78 is 5.31. The highest BCUT2D eigenvalue weighted by Gasteiger charge is 2.35. The SMILES string of the molecule is CCCC(=O)N1c2ccc(NC(=O)OC(C)(C)C)cc2C(C)=CC1(C)C. The second kappa shape index (κ2) is 7.14. The Morgan fingerprint density at radius 1 is 1.23 bits per heavy atom. The zero-order chi connectivity index (χ0) is 19.7. The van der Waals surface area contributed by atoms with E-state index < -0.39 is 11.7 Å². The van der Waals surface area contributed by atoms with E-state index in [9.17, 15) is 9.59 Å². The molecule has 1 heterocycles. The molecule has 0 fully saturated rings. The standard InChI is InChI=1S/C21H30N2O3/c1-8-9-18(24)23-17-11-10-15(22-19(25)26-20(3,4)5)12-16(17)14(2)13-21(23,6)7/h10-13H,8-9H2,1-7H3,(H,22,25). The molecule has 5 heteroatoms. The van der Waals surface area contributed by atoms with Crippen molar-refractivity contribution in [3.8, 4) is 0 Å². The third-order valence-corrected chi connectivity index (χ3v) is 4.17. The molecule has 0 aromatic heterocycles. The van der Waals surface area contributed by atoms with Crippen molar-refractivity contribution in [1.82, 2.24) is 0 Å². The van der Waals surface area contributed by atoms with Gasteiger partial charge < -0.3 is 9.64 Å². The van der Waals surface area contributed by atoms with Crippen LogP contribution in [0.3, 0.4) is 0 Å². The molecule has 0 saturated carbocycles. The van der Waals surface area contributed by atoms with Crippen LogP contribution in [0.25, 0.3) is 5.57 Å². The van der Waals surface area contributed by atoms with Crippen LogP contribution in [-0.4, -0.2) is 23.1 Å². The average Bonchev–Trinajstić information content (AvgIpc) is 2.45. The minimum Gasteiger partial charge on any atom is -0.444 e. The van der Waals surface area contributed by atoms with Crippen LogP contribution in [0, 0.1) is 0 Å². The smallest absolute Gasteiger partial charge is 0.412 e. The van der Waals surface area contributed by atoms with Crippen molar-refractivity contribution < 1.29 is 14.3 Å². The lowest BCUT2D eigenvalue weighted by Gasteiger charge is -2.41. The van der Waals surface area contributed by atoms with Gasteiger partial charge in [-0.15, -0.1) is 0 Å². The van der Waals surface area contributed by atoms with Gasteiger partial charge in [0.2, 0.25) is 5.91 Å². The van der Waals surface area contributed by atoms with Crippen LogP contribution in [0.15, 0.2) is 24.3 Å². The Morgan fingerprint density at radius 2 is 1.88 bits per heavy atom. The molecule has 2 amide bonds. The van der Waals surface area contributed by atoms with E-state index in [1.165, 1.54) is 0 Å². The topological polar surface area (TPSA) is 58.6 Å². The molecule has 5 nitrogen and oxygen atoms in total. The number of hydrogen-bond donors (Lipinski definition) is 1. The van der Waals surface area contributed by atoms with Gasteiger partial charge >= 0.3 is 6.09 Å².